The van der Waals surface area contributed by atoms with Crippen molar-refractivity contribution in [3.05, 3.63) is 29.3 Å². The predicted octanol–water partition coefficient (Wildman–Crippen LogP) is 2.43. The molecule has 0 aliphatic carbocycles. The minimum absolute atomic E-state index is 0. The van der Waals surface area contributed by atoms with Crippen molar-refractivity contribution in [3.63, 3.8) is 0 Å². The highest BCUT2D eigenvalue weighted by molar-refractivity contribution is 7.89. The van der Waals surface area contributed by atoms with Crippen molar-refractivity contribution in [2.24, 2.45) is 0 Å². The molecule has 1 N–H and O–H groups in total. The first-order valence-corrected chi connectivity index (χ1v) is 9.62. The van der Waals surface area contributed by atoms with Crippen LogP contribution in [0.2, 0.25) is 0 Å². The fourth-order valence-corrected chi connectivity index (χ4v) is 5.01. The molecule has 0 aromatic heterocycles. The second-order valence-corrected chi connectivity index (χ2v) is 8.42. The maximum Gasteiger partial charge on any atom is 0.417 e. The lowest BCUT2D eigenvalue weighted by Crippen LogP contribution is -2.39. The molecule has 0 saturated carbocycles. The van der Waals surface area contributed by atoms with Crippen LogP contribution in [0.15, 0.2) is 23.1 Å². The zero-order valence-corrected chi connectivity index (χ0v) is 16.1. The van der Waals surface area contributed by atoms with Crippen LogP contribution in [0.25, 0.3) is 0 Å². The van der Waals surface area contributed by atoms with E-state index in [4.69, 9.17) is 0 Å². The van der Waals surface area contributed by atoms with Gasteiger partial charge in [0, 0.05) is 25.2 Å². The number of nitrogens with one attached hydrogen (secondary N) is 1. The van der Waals surface area contributed by atoms with Gasteiger partial charge in [0.15, 0.2) is 0 Å². The summed E-state index contributed by atoms with van der Waals surface area (Å²) in [4.78, 5) is 11.1. The quantitative estimate of drug-likeness (QED) is 0.748. The topological polar surface area (TPSA) is 75.7 Å². The molecule has 2 bridgehead atoms. The van der Waals surface area contributed by atoms with Gasteiger partial charge in [0.2, 0.25) is 10.0 Å². The van der Waals surface area contributed by atoms with E-state index >= 15 is 0 Å². The number of hydrogen-bond acceptors (Lipinski definition) is 5. The van der Waals surface area contributed by atoms with Crippen molar-refractivity contribution in [1.29, 1.82) is 0 Å². The molecule has 0 radical (unpaired) electrons. The fraction of sp³-hybridized carbons (Fsp3) is 0.562. The summed E-state index contributed by atoms with van der Waals surface area (Å²) >= 11 is 0. The van der Waals surface area contributed by atoms with Crippen LogP contribution in [0.4, 0.5) is 13.2 Å². The van der Waals surface area contributed by atoms with Gasteiger partial charge in [-0.1, -0.05) is 0 Å². The number of esters is 1. The summed E-state index contributed by atoms with van der Waals surface area (Å²) in [5.41, 5.74) is -2.03. The molecule has 11 heteroatoms. The Morgan fingerprint density at radius 3 is 2.52 bits per heavy atom. The fourth-order valence-electron chi connectivity index (χ4n) is 3.48. The molecule has 0 spiro atoms. The minimum Gasteiger partial charge on any atom is -0.465 e. The van der Waals surface area contributed by atoms with Crippen molar-refractivity contribution < 1.29 is 31.1 Å². The summed E-state index contributed by atoms with van der Waals surface area (Å²) in [6, 6.07) is 2.64. The van der Waals surface area contributed by atoms with E-state index in [1.54, 1.807) is 0 Å². The van der Waals surface area contributed by atoms with Crippen molar-refractivity contribution >= 4 is 28.4 Å². The highest BCUT2D eigenvalue weighted by Crippen LogP contribution is 2.35. The number of alkyl halides is 3. The van der Waals surface area contributed by atoms with Gasteiger partial charge in [-0.25, -0.2) is 13.2 Å². The van der Waals surface area contributed by atoms with Gasteiger partial charge in [-0.2, -0.15) is 17.5 Å². The Kier molecular flexibility index (Phi) is 6.45. The third kappa shape index (κ3) is 4.39. The first kappa shape index (κ1) is 21.9. The number of hydrogen-bond donors (Lipinski definition) is 1. The summed E-state index contributed by atoms with van der Waals surface area (Å²) < 4.78 is 71.2. The van der Waals surface area contributed by atoms with E-state index in [-0.39, 0.29) is 37.6 Å². The Bertz CT molecular complexity index is 816. The Morgan fingerprint density at radius 1 is 1.22 bits per heavy atom. The number of carbonyl (C=O) groups excluding carboxylic acids is 1. The van der Waals surface area contributed by atoms with Crippen LogP contribution in [-0.4, -0.2) is 51.0 Å². The smallest absolute Gasteiger partial charge is 0.417 e. The number of carbonyl (C=O) groups is 1. The van der Waals surface area contributed by atoms with Crippen LogP contribution in [0.5, 0.6) is 0 Å². The first-order chi connectivity index (χ1) is 12.1. The summed E-state index contributed by atoms with van der Waals surface area (Å²) in [6.07, 6.45) is -2.45. The molecule has 2 aliphatic rings. The SMILES string of the molecule is COC(=O)c1ccc(S(=O)(=O)N2CCC3CCC(C2)N3)cc1C(F)(F)F.Cl. The molecule has 2 atom stereocenters. The number of ether oxygens (including phenoxy) is 1. The number of halogens is 4. The maximum atomic E-state index is 13.3. The number of methoxy groups -OCH3 is 1. The van der Waals surface area contributed by atoms with Gasteiger partial charge in [0.05, 0.1) is 23.1 Å². The van der Waals surface area contributed by atoms with Gasteiger partial charge in [0.1, 0.15) is 0 Å². The van der Waals surface area contributed by atoms with Crippen molar-refractivity contribution in [3.8, 4) is 0 Å². The van der Waals surface area contributed by atoms with E-state index < -0.39 is 38.2 Å². The lowest BCUT2D eigenvalue weighted by atomic mass is 10.1. The van der Waals surface area contributed by atoms with Gasteiger partial charge in [0.25, 0.3) is 0 Å². The number of fused-ring (bicyclic) bond motifs is 2. The normalized spacial score (nSPS) is 23.4. The molecule has 3 rings (SSSR count). The molecule has 27 heavy (non-hydrogen) atoms. The van der Waals surface area contributed by atoms with Gasteiger partial charge in [-0.05, 0) is 37.5 Å². The molecular weight excluding hydrogens is 409 g/mol. The summed E-state index contributed by atoms with van der Waals surface area (Å²) in [5.74, 6) is -1.17. The van der Waals surface area contributed by atoms with E-state index in [2.05, 4.69) is 10.1 Å². The van der Waals surface area contributed by atoms with E-state index in [1.807, 2.05) is 0 Å². The second kappa shape index (κ2) is 7.94. The van der Waals surface area contributed by atoms with Crippen molar-refractivity contribution in [2.75, 3.05) is 20.2 Å². The van der Waals surface area contributed by atoms with Crippen LogP contribution in [0.1, 0.15) is 35.2 Å². The molecule has 0 amide bonds. The summed E-state index contributed by atoms with van der Waals surface area (Å²) in [6.45, 7) is 0.468. The van der Waals surface area contributed by atoms with Gasteiger partial charge in [-0.15, -0.1) is 12.4 Å². The molecule has 2 saturated heterocycles. The van der Waals surface area contributed by atoms with Gasteiger partial charge < -0.3 is 10.1 Å². The largest absolute Gasteiger partial charge is 0.465 e. The summed E-state index contributed by atoms with van der Waals surface area (Å²) in [5, 5.41) is 3.33. The molecule has 6 nitrogen and oxygen atoms in total. The second-order valence-electron chi connectivity index (χ2n) is 6.49. The van der Waals surface area contributed by atoms with Crippen LogP contribution < -0.4 is 5.32 Å². The number of sulfonamides is 1. The molecule has 2 aliphatic heterocycles. The number of rotatable bonds is 3. The molecule has 1 aromatic rings. The zero-order chi connectivity index (χ0) is 19.1. The average Bonchev–Trinajstić information content (AvgIpc) is 2.91. The monoisotopic (exact) mass is 428 g/mol. The third-order valence-corrected chi connectivity index (χ3v) is 6.69. The molecule has 1 aromatic carbocycles. The highest BCUT2D eigenvalue weighted by atomic mass is 35.5. The van der Waals surface area contributed by atoms with Crippen LogP contribution in [0.3, 0.4) is 0 Å². The molecule has 2 unspecified atom stereocenters. The molecule has 2 fully saturated rings. The Balaban J connectivity index is 0.00000261. The number of nitrogens with zero attached hydrogens (tertiary/aromatic N) is 1. The first-order valence-electron chi connectivity index (χ1n) is 8.18. The van der Waals surface area contributed by atoms with Gasteiger partial charge in [-0.3, -0.25) is 0 Å². The number of benzene rings is 1. The van der Waals surface area contributed by atoms with E-state index in [0.717, 1.165) is 32.1 Å². The average molecular weight is 429 g/mol. The lowest BCUT2D eigenvalue weighted by molar-refractivity contribution is -0.138. The minimum atomic E-state index is -4.88. The van der Waals surface area contributed by atoms with Gasteiger partial charge >= 0.3 is 12.1 Å². The predicted molar refractivity (Wildman–Crippen MR) is 93.4 cm³/mol. The van der Waals surface area contributed by atoms with Crippen LogP contribution >= 0.6 is 12.4 Å². The van der Waals surface area contributed by atoms with Crippen LogP contribution in [-0.2, 0) is 20.9 Å². The van der Waals surface area contributed by atoms with E-state index in [0.29, 0.717) is 12.5 Å². The lowest BCUT2D eigenvalue weighted by Gasteiger charge is -2.24. The van der Waals surface area contributed by atoms with Crippen molar-refractivity contribution in [2.45, 2.75) is 42.4 Å². The maximum absolute atomic E-state index is 13.3. The van der Waals surface area contributed by atoms with Crippen molar-refractivity contribution in [1.82, 2.24) is 9.62 Å². The Labute approximate surface area is 161 Å². The molecular formula is C16H20ClF3N2O4S. The molecule has 2 heterocycles. The molecule has 152 valence electrons. The summed E-state index contributed by atoms with van der Waals surface area (Å²) in [7, 11) is -3.13. The standard InChI is InChI=1S/C16H19F3N2O4S.ClH/c1-25-15(22)13-5-4-12(8-14(13)16(17,18)19)26(23,24)21-7-6-10-2-3-11(9-21)20-10;/h4-5,8,10-11,20H,2-3,6-7,9H2,1H3;1H. The Morgan fingerprint density at radius 2 is 1.89 bits per heavy atom. The zero-order valence-electron chi connectivity index (χ0n) is 14.5. The third-order valence-electron chi connectivity index (χ3n) is 4.83. The highest BCUT2D eigenvalue weighted by Gasteiger charge is 2.39. The Hall–Kier alpha value is -1.36. The van der Waals surface area contributed by atoms with E-state index in [1.165, 1.54) is 4.31 Å². The van der Waals surface area contributed by atoms with Crippen LogP contribution in [0, 0.1) is 0 Å². The van der Waals surface area contributed by atoms with E-state index in [9.17, 15) is 26.4 Å².